The molecule has 0 bridgehead atoms. The third-order valence-electron chi connectivity index (χ3n) is 2.31. The first-order chi connectivity index (χ1) is 6.59. The number of rotatable bonds is 4. The molecule has 1 unspecified atom stereocenters. The highest BCUT2D eigenvalue weighted by atomic mass is 16.3. The van der Waals surface area contributed by atoms with E-state index in [0.29, 0.717) is 0 Å². The van der Waals surface area contributed by atoms with Crippen LogP contribution in [0.3, 0.4) is 0 Å². The summed E-state index contributed by atoms with van der Waals surface area (Å²) in [5.74, 6) is 0. The van der Waals surface area contributed by atoms with Gasteiger partial charge < -0.3 is 10.0 Å². The maximum atomic E-state index is 9.32. The highest BCUT2D eigenvalue weighted by molar-refractivity contribution is 5.23. The summed E-state index contributed by atoms with van der Waals surface area (Å²) in [4.78, 5) is 2.17. The largest absolute Gasteiger partial charge is 0.389 e. The molecule has 0 radical (unpaired) electrons. The van der Waals surface area contributed by atoms with E-state index in [1.54, 1.807) is 6.92 Å². The number of hydrogen-bond donors (Lipinski definition) is 1. The van der Waals surface area contributed by atoms with Gasteiger partial charge in [0.25, 0.3) is 0 Å². The van der Waals surface area contributed by atoms with E-state index < -0.39 is 0 Å². The van der Waals surface area contributed by atoms with Gasteiger partial charge in [-0.3, -0.25) is 0 Å². The van der Waals surface area contributed by atoms with E-state index in [2.05, 4.69) is 31.1 Å². The van der Waals surface area contributed by atoms with Gasteiger partial charge in [-0.15, -0.1) is 0 Å². The molecule has 1 aromatic rings. The Labute approximate surface area is 86.2 Å². The summed E-state index contributed by atoms with van der Waals surface area (Å²) in [5.41, 5.74) is 2.31. The second-order valence-corrected chi connectivity index (χ2v) is 3.97. The number of nitrogens with zero attached hydrogens (tertiary/aromatic N) is 1. The topological polar surface area (TPSA) is 23.5 Å². The zero-order chi connectivity index (χ0) is 10.6. The Morgan fingerprint density at radius 2 is 1.79 bits per heavy atom. The van der Waals surface area contributed by atoms with Crippen molar-refractivity contribution in [1.29, 1.82) is 0 Å². The molecule has 2 heteroatoms. The molecule has 0 fully saturated rings. The van der Waals surface area contributed by atoms with Gasteiger partial charge in [0, 0.05) is 6.54 Å². The molecule has 0 amide bonds. The van der Waals surface area contributed by atoms with Crippen LogP contribution in [-0.4, -0.2) is 30.6 Å². The average Bonchev–Trinajstić information content (AvgIpc) is 2.15. The van der Waals surface area contributed by atoms with E-state index in [0.717, 1.165) is 18.5 Å². The summed E-state index contributed by atoms with van der Waals surface area (Å²) in [7, 11) is 4.15. The Hall–Kier alpha value is -0.860. The Bertz CT molecular complexity index is 264. The second-order valence-electron chi connectivity index (χ2n) is 3.97. The lowest BCUT2D eigenvalue weighted by Gasteiger charge is -2.10. The zero-order valence-electron chi connectivity index (χ0n) is 9.20. The van der Waals surface area contributed by atoms with E-state index in [4.69, 9.17) is 0 Å². The fourth-order valence-corrected chi connectivity index (χ4v) is 1.32. The molecule has 0 spiro atoms. The molecule has 0 saturated carbocycles. The number of hydrogen-bond acceptors (Lipinski definition) is 2. The van der Waals surface area contributed by atoms with E-state index in [9.17, 15) is 5.11 Å². The number of aliphatic hydroxyl groups is 1. The van der Waals surface area contributed by atoms with Crippen LogP contribution in [0, 0.1) is 0 Å². The van der Waals surface area contributed by atoms with Gasteiger partial charge in [0.15, 0.2) is 0 Å². The van der Waals surface area contributed by atoms with Gasteiger partial charge in [0.05, 0.1) is 6.10 Å². The van der Waals surface area contributed by atoms with Crippen LogP contribution in [0.5, 0.6) is 0 Å². The van der Waals surface area contributed by atoms with E-state index in [-0.39, 0.29) is 6.10 Å². The molecule has 14 heavy (non-hydrogen) atoms. The van der Waals surface area contributed by atoms with E-state index in [1.807, 2.05) is 12.1 Å². The highest BCUT2D eigenvalue weighted by Crippen LogP contribution is 2.12. The van der Waals surface area contributed by atoms with Crippen molar-refractivity contribution >= 4 is 0 Å². The zero-order valence-corrected chi connectivity index (χ0v) is 9.20. The van der Waals surface area contributed by atoms with Crippen molar-refractivity contribution in [3.8, 4) is 0 Å². The quantitative estimate of drug-likeness (QED) is 0.788. The van der Waals surface area contributed by atoms with Crippen molar-refractivity contribution in [3.05, 3.63) is 35.4 Å². The van der Waals surface area contributed by atoms with Crippen molar-refractivity contribution in [2.24, 2.45) is 0 Å². The molecule has 1 atom stereocenters. The lowest BCUT2D eigenvalue weighted by molar-refractivity contribution is 0.199. The molecule has 1 aromatic carbocycles. The highest BCUT2D eigenvalue weighted by Gasteiger charge is 2.00. The molecular formula is C12H19NO. The summed E-state index contributed by atoms with van der Waals surface area (Å²) in [5, 5.41) is 9.32. The molecule has 1 rings (SSSR count). The molecule has 1 N–H and O–H groups in total. The Morgan fingerprint density at radius 1 is 1.21 bits per heavy atom. The van der Waals surface area contributed by atoms with Crippen LogP contribution < -0.4 is 0 Å². The minimum Gasteiger partial charge on any atom is -0.389 e. The van der Waals surface area contributed by atoms with Crippen LogP contribution in [0.1, 0.15) is 24.2 Å². The first kappa shape index (κ1) is 11.2. The first-order valence-electron chi connectivity index (χ1n) is 5.01. The Balaban J connectivity index is 2.55. The van der Waals surface area contributed by atoms with Gasteiger partial charge in [0.1, 0.15) is 0 Å². The Kier molecular flexibility index (Phi) is 4.11. The molecule has 0 aliphatic rings. The van der Waals surface area contributed by atoms with Crippen LogP contribution in [0.4, 0.5) is 0 Å². The summed E-state index contributed by atoms with van der Waals surface area (Å²) >= 11 is 0. The van der Waals surface area contributed by atoms with Gasteiger partial charge in [-0.2, -0.15) is 0 Å². The molecular weight excluding hydrogens is 174 g/mol. The van der Waals surface area contributed by atoms with Gasteiger partial charge in [0.2, 0.25) is 0 Å². The molecule has 78 valence electrons. The smallest absolute Gasteiger partial charge is 0.0761 e. The number of aliphatic hydroxyl groups excluding tert-OH is 1. The molecule has 0 aromatic heterocycles. The Morgan fingerprint density at radius 3 is 2.21 bits per heavy atom. The molecule has 0 heterocycles. The monoisotopic (exact) mass is 193 g/mol. The normalized spacial score (nSPS) is 13.2. The van der Waals surface area contributed by atoms with Crippen LogP contribution in [0.2, 0.25) is 0 Å². The summed E-state index contributed by atoms with van der Waals surface area (Å²) in [6, 6.07) is 8.17. The van der Waals surface area contributed by atoms with E-state index >= 15 is 0 Å². The predicted molar refractivity (Wildman–Crippen MR) is 59.3 cm³/mol. The fraction of sp³-hybridized carbons (Fsp3) is 0.500. The van der Waals surface area contributed by atoms with E-state index in [1.165, 1.54) is 5.56 Å². The van der Waals surface area contributed by atoms with Crippen LogP contribution >= 0.6 is 0 Å². The minimum atomic E-state index is -0.363. The maximum absolute atomic E-state index is 9.32. The first-order valence-corrected chi connectivity index (χ1v) is 5.01. The molecule has 0 aliphatic carbocycles. The van der Waals surface area contributed by atoms with Crippen LogP contribution in [-0.2, 0) is 6.42 Å². The summed E-state index contributed by atoms with van der Waals surface area (Å²) in [6.45, 7) is 2.85. The third kappa shape index (κ3) is 3.48. The molecule has 0 aliphatic heterocycles. The van der Waals surface area contributed by atoms with Crippen molar-refractivity contribution < 1.29 is 5.11 Å². The van der Waals surface area contributed by atoms with Crippen molar-refractivity contribution in [3.63, 3.8) is 0 Å². The predicted octanol–water partition coefficient (Wildman–Crippen LogP) is 1.84. The summed E-state index contributed by atoms with van der Waals surface area (Å²) < 4.78 is 0. The second kappa shape index (κ2) is 5.13. The average molecular weight is 193 g/mol. The third-order valence-corrected chi connectivity index (χ3v) is 2.31. The van der Waals surface area contributed by atoms with Gasteiger partial charge in [-0.25, -0.2) is 0 Å². The maximum Gasteiger partial charge on any atom is 0.0761 e. The lowest BCUT2D eigenvalue weighted by atomic mass is 10.1. The molecule has 0 saturated heterocycles. The van der Waals surface area contributed by atoms with Crippen LogP contribution in [0.25, 0.3) is 0 Å². The lowest BCUT2D eigenvalue weighted by Crippen LogP contribution is -2.15. The SMILES string of the molecule is CC(O)c1ccc(CCN(C)C)cc1. The number of benzene rings is 1. The van der Waals surface area contributed by atoms with Crippen molar-refractivity contribution in [2.45, 2.75) is 19.4 Å². The standard InChI is InChI=1S/C12H19NO/c1-10(14)12-6-4-11(5-7-12)8-9-13(2)3/h4-7,10,14H,8-9H2,1-3H3. The number of likely N-dealkylation sites (N-methyl/N-ethyl adjacent to an activating group) is 1. The van der Waals surface area contributed by atoms with Gasteiger partial charge in [-0.05, 0) is 38.6 Å². The summed E-state index contributed by atoms with van der Waals surface area (Å²) in [6.07, 6.45) is 0.700. The molecule has 2 nitrogen and oxygen atoms in total. The van der Waals surface area contributed by atoms with Crippen molar-refractivity contribution in [2.75, 3.05) is 20.6 Å². The van der Waals surface area contributed by atoms with Crippen LogP contribution in [0.15, 0.2) is 24.3 Å². The fourth-order valence-electron chi connectivity index (χ4n) is 1.32. The van der Waals surface area contributed by atoms with Crippen molar-refractivity contribution in [1.82, 2.24) is 4.90 Å². The minimum absolute atomic E-state index is 0.363. The van der Waals surface area contributed by atoms with Gasteiger partial charge in [-0.1, -0.05) is 24.3 Å². The van der Waals surface area contributed by atoms with Gasteiger partial charge >= 0.3 is 0 Å².